The second kappa shape index (κ2) is 7.75. The molecule has 1 aliphatic heterocycles. The summed E-state index contributed by atoms with van der Waals surface area (Å²) in [5, 5.41) is 0.242. The molecule has 0 radical (unpaired) electrons. The second-order valence-corrected chi connectivity index (χ2v) is 7.83. The zero-order chi connectivity index (χ0) is 20.5. The largest absolute Gasteiger partial charge is 0.534 e. The van der Waals surface area contributed by atoms with E-state index in [0.717, 1.165) is 25.0 Å². The Kier molecular flexibility index (Phi) is 5.72. The first-order valence-corrected chi connectivity index (χ1v) is 10.1. The van der Waals surface area contributed by atoms with Gasteiger partial charge in [-0.1, -0.05) is 13.0 Å². The Morgan fingerprint density at radius 3 is 2.57 bits per heavy atom. The normalized spacial score (nSPS) is 18.2. The van der Waals surface area contributed by atoms with Crippen LogP contribution in [-0.4, -0.2) is 26.8 Å². The zero-order valence-corrected chi connectivity index (χ0v) is 15.7. The summed E-state index contributed by atoms with van der Waals surface area (Å²) >= 11 is 0. The fraction of sp³-hybridized carbons (Fsp3) is 0.444. The van der Waals surface area contributed by atoms with Gasteiger partial charge in [0.1, 0.15) is 11.6 Å². The van der Waals surface area contributed by atoms with E-state index in [0.29, 0.717) is 18.4 Å². The molecule has 10 heteroatoms. The molecule has 1 aliphatic rings. The summed E-state index contributed by atoms with van der Waals surface area (Å²) < 4.78 is 91.1. The van der Waals surface area contributed by atoms with Crippen LogP contribution in [-0.2, 0) is 21.3 Å². The average molecular weight is 422 g/mol. The zero-order valence-electron chi connectivity index (χ0n) is 14.9. The fourth-order valence-electron chi connectivity index (χ4n) is 3.05. The molecule has 154 valence electrons. The van der Waals surface area contributed by atoms with E-state index in [9.17, 15) is 26.0 Å². The Hall–Kier alpha value is -2.07. The molecule has 3 rings (SSSR count). The number of benzene rings is 2. The summed E-state index contributed by atoms with van der Waals surface area (Å²) in [5.74, 6) is -1.24. The molecule has 0 bridgehead atoms. The molecule has 2 aromatic rings. The monoisotopic (exact) mass is 422 g/mol. The van der Waals surface area contributed by atoms with E-state index in [-0.39, 0.29) is 23.1 Å². The summed E-state index contributed by atoms with van der Waals surface area (Å²) in [4.78, 5) is 0. The summed E-state index contributed by atoms with van der Waals surface area (Å²) in [6, 6.07) is 4.98. The van der Waals surface area contributed by atoms with Crippen LogP contribution in [0.1, 0.15) is 31.7 Å². The van der Waals surface area contributed by atoms with Gasteiger partial charge in [0.15, 0.2) is 12.0 Å². The van der Waals surface area contributed by atoms with E-state index in [1.165, 1.54) is 12.1 Å². The van der Waals surface area contributed by atoms with Crippen molar-refractivity contribution in [1.82, 2.24) is 0 Å². The fourth-order valence-corrected chi connectivity index (χ4v) is 3.51. The van der Waals surface area contributed by atoms with Gasteiger partial charge in [0.05, 0.1) is 6.61 Å². The predicted octanol–water partition coefficient (Wildman–Crippen LogP) is 4.68. The van der Waals surface area contributed by atoms with E-state index in [1.807, 2.05) is 0 Å². The molecule has 5 nitrogen and oxygen atoms in total. The van der Waals surface area contributed by atoms with Crippen LogP contribution in [0.4, 0.5) is 17.6 Å². The van der Waals surface area contributed by atoms with Crippen molar-refractivity contribution in [2.75, 3.05) is 6.61 Å². The quantitative estimate of drug-likeness (QED) is 0.398. The highest BCUT2D eigenvalue weighted by atomic mass is 32.2. The van der Waals surface area contributed by atoms with E-state index in [2.05, 4.69) is 4.18 Å². The first-order chi connectivity index (χ1) is 13.1. The van der Waals surface area contributed by atoms with Crippen molar-refractivity contribution in [2.45, 2.75) is 44.4 Å². The molecular weight excluding hydrogens is 404 g/mol. The van der Waals surface area contributed by atoms with Gasteiger partial charge >= 0.3 is 15.6 Å². The maximum atomic E-state index is 14.2. The van der Waals surface area contributed by atoms with E-state index >= 15 is 0 Å². The predicted molar refractivity (Wildman–Crippen MR) is 93.1 cm³/mol. The smallest absolute Gasteiger partial charge is 0.465 e. The number of fused-ring (bicyclic) bond motifs is 1. The van der Waals surface area contributed by atoms with Crippen LogP contribution in [0.2, 0.25) is 0 Å². The van der Waals surface area contributed by atoms with Gasteiger partial charge in [0.2, 0.25) is 0 Å². The van der Waals surface area contributed by atoms with Crippen LogP contribution in [0, 0.1) is 5.82 Å². The average Bonchev–Trinajstić information content (AvgIpc) is 2.61. The van der Waals surface area contributed by atoms with E-state index < -0.39 is 33.5 Å². The number of alkyl halides is 3. The van der Waals surface area contributed by atoms with Crippen molar-refractivity contribution in [3.63, 3.8) is 0 Å². The van der Waals surface area contributed by atoms with Crippen LogP contribution >= 0.6 is 0 Å². The van der Waals surface area contributed by atoms with Crippen molar-refractivity contribution in [3.05, 3.63) is 35.6 Å². The number of rotatable bonds is 5. The molecule has 0 aliphatic carbocycles. The van der Waals surface area contributed by atoms with Crippen LogP contribution in [0.15, 0.2) is 24.3 Å². The summed E-state index contributed by atoms with van der Waals surface area (Å²) in [6.45, 7) is 2.08. The molecule has 0 aromatic heterocycles. The standard InChI is InChI=1S/C18H18F4O5S/c1-2-13-14(19)7-6-11-9-12(26-16-5-3-4-8-25-16)10-15(17(11)13)27-28(23,24)18(20,21)22/h6-7,9-10,16H,2-5,8H2,1H3. The Morgan fingerprint density at radius 2 is 1.96 bits per heavy atom. The Bertz CT molecular complexity index is 966. The minimum absolute atomic E-state index is 0.0466. The molecule has 28 heavy (non-hydrogen) atoms. The lowest BCUT2D eigenvalue weighted by atomic mass is 10.0. The topological polar surface area (TPSA) is 61.8 Å². The molecule has 1 heterocycles. The Morgan fingerprint density at radius 1 is 1.21 bits per heavy atom. The highest BCUT2D eigenvalue weighted by molar-refractivity contribution is 7.88. The van der Waals surface area contributed by atoms with Crippen molar-refractivity contribution < 1.29 is 39.6 Å². The molecule has 1 fully saturated rings. The summed E-state index contributed by atoms with van der Waals surface area (Å²) in [7, 11) is -5.94. The Labute approximate surface area is 159 Å². The van der Waals surface area contributed by atoms with Gasteiger partial charge in [-0.15, -0.1) is 0 Å². The van der Waals surface area contributed by atoms with Gasteiger partial charge in [0.25, 0.3) is 0 Å². The number of halogens is 4. The van der Waals surface area contributed by atoms with E-state index in [1.54, 1.807) is 6.92 Å². The molecule has 0 amide bonds. The van der Waals surface area contributed by atoms with Gasteiger partial charge in [-0.25, -0.2) is 4.39 Å². The van der Waals surface area contributed by atoms with Crippen LogP contribution < -0.4 is 8.92 Å². The van der Waals surface area contributed by atoms with Crippen molar-refractivity contribution in [2.24, 2.45) is 0 Å². The number of ether oxygens (including phenoxy) is 2. The maximum Gasteiger partial charge on any atom is 0.534 e. The minimum atomic E-state index is -5.94. The lowest BCUT2D eigenvalue weighted by Gasteiger charge is -2.24. The third kappa shape index (κ3) is 4.17. The van der Waals surface area contributed by atoms with Gasteiger partial charge in [-0.05, 0) is 42.3 Å². The maximum absolute atomic E-state index is 14.2. The van der Waals surface area contributed by atoms with E-state index in [4.69, 9.17) is 9.47 Å². The molecular formula is C18H18F4O5S. The lowest BCUT2D eigenvalue weighted by molar-refractivity contribution is -0.105. The molecule has 1 unspecified atom stereocenters. The van der Waals surface area contributed by atoms with Crippen LogP contribution in [0.3, 0.4) is 0 Å². The molecule has 1 saturated heterocycles. The molecule has 0 N–H and O–H groups in total. The van der Waals surface area contributed by atoms with Crippen LogP contribution in [0.5, 0.6) is 11.5 Å². The summed E-state index contributed by atoms with van der Waals surface area (Å²) in [6.07, 6.45) is 1.82. The molecule has 2 aromatic carbocycles. The molecule has 0 spiro atoms. The Balaban J connectivity index is 2.12. The third-order valence-electron chi connectivity index (χ3n) is 4.35. The number of hydrogen-bond acceptors (Lipinski definition) is 5. The minimum Gasteiger partial charge on any atom is -0.465 e. The lowest BCUT2D eigenvalue weighted by Crippen LogP contribution is -2.28. The molecule has 1 atom stereocenters. The second-order valence-electron chi connectivity index (χ2n) is 6.30. The molecule has 0 saturated carbocycles. The van der Waals surface area contributed by atoms with Gasteiger partial charge in [0, 0.05) is 17.9 Å². The summed E-state index contributed by atoms with van der Waals surface area (Å²) in [5.41, 5.74) is -5.58. The van der Waals surface area contributed by atoms with Gasteiger partial charge < -0.3 is 13.7 Å². The highest BCUT2D eigenvalue weighted by Gasteiger charge is 2.49. The first-order valence-electron chi connectivity index (χ1n) is 8.66. The SMILES string of the molecule is CCc1c(F)ccc2cc(OC3CCCCO3)cc(OS(=O)(=O)C(F)(F)F)c12. The number of aryl methyl sites for hydroxylation is 1. The van der Waals surface area contributed by atoms with Gasteiger partial charge in [-0.2, -0.15) is 21.6 Å². The van der Waals surface area contributed by atoms with Crippen molar-refractivity contribution in [3.8, 4) is 11.5 Å². The van der Waals surface area contributed by atoms with Crippen molar-refractivity contribution in [1.29, 1.82) is 0 Å². The van der Waals surface area contributed by atoms with Crippen LogP contribution in [0.25, 0.3) is 10.8 Å². The highest BCUT2D eigenvalue weighted by Crippen LogP contribution is 2.38. The first kappa shape index (κ1) is 20.7. The van der Waals surface area contributed by atoms with Gasteiger partial charge in [-0.3, -0.25) is 0 Å². The number of hydrogen-bond donors (Lipinski definition) is 0. The third-order valence-corrected chi connectivity index (χ3v) is 5.31. The van der Waals surface area contributed by atoms with Crippen molar-refractivity contribution >= 4 is 20.9 Å².